The normalized spacial score (nSPS) is 15.6. The lowest BCUT2D eigenvalue weighted by Gasteiger charge is -2.33. The van der Waals surface area contributed by atoms with Gasteiger partial charge >= 0.3 is 5.69 Å². The summed E-state index contributed by atoms with van der Waals surface area (Å²) in [6, 6.07) is 18.7. The Kier molecular flexibility index (Phi) is 5.35. The average molecular weight is 377 g/mol. The van der Waals surface area contributed by atoms with Gasteiger partial charge in [-0.1, -0.05) is 42.5 Å². The van der Waals surface area contributed by atoms with Crippen molar-refractivity contribution in [3.63, 3.8) is 0 Å². The SMILES string of the molecule is COc1cccc(CN2CCC(n3c(-c4ccccc4)c(C)[nH]c3=O)CC2)c1. The van der Waals surface area contributed by atoms with Gasteiger partial charge in [0.05, 0.1) is 12.8 Å². The topological polar surface area (TPSA) is 50.3 Å². The molecule has 1 fully saturated rings. The van der Waals surface area contributed by atoms with Crippen LogP contribution in [-0.4, -0.2) is 34.7 Å². The molecule has 5 nitrogen and oxygen atoms in total. The monoisotopic (exact) mass is 377 g/mol. The van der Waals surface area contributed by atoms with Gasteiger partial charge in [0.15, 0.2) is 0 Å². The second-order valence-corrected chi connectivity index (χ2v) is 7.50. The first kappa shape index (κ1) is 18.6. The van der Waals surface area contributed by atoms with Crippen LogP contribution in [0.4, 0.5) is 0 Å². The van der Waals surface area contributed by atoms with Crippen LogP contribution in [0.2, 0.25) is 0 Å². The van der Waals surface area contributed by atoms with E-state index < -0.39 is 0 Å². The van der Waals surface area contributed by atoms with E-state index in [1.807, 2.05) is 41.8 Å². The molecule has 0 atom stereocenters. The van der Waals surface area contributed by atoms with Crippen LogP contribution in [0, 0.1) is 6.92 Å². The van der Waals surface area contributed by atoms with E-state index in [1.165, 1.54) is 5.56 Å². The molecule has 0 amide bonds. The second kappa shape index (κ2) is 8.07. The molecule has 0 unspecified atom stereocenters. The molecule has 0 aliphatic carbocycles. The fourth-order valence-corrected chi connectivity index (χ4v) is 4.23. The highest BCUT2D eigenvalue weighted by molar-refractivity contribution is 5.62. The van der Waals surface area contributed by atoms with Gasteiger partial charge in [0.25, 0.3) is 0 Å². The van der Waals surface area contributed by atoms with Crippen LogP contribution >= 0.6 is 0 Å². The Bertz CT molecular complexity index is 983. The van der Waals surface area contributed by atoms with Gasteiger partial charge in [0, 0.05) is 36.9 Å². The van der Waals surface area contributed by atoms with Gasteiger partial charge in [-0.15, -0.1) is 0 Å². The van der Waals surface area contributed by atoms with Crippen LogP contribution < -0.4 is 10.4 Å². The molecule has 0 radical (unpaired) electrons. The predicted octanol–water partition coefficient (Wildman–Crippen LogP) is 4.00. The Morgan fingerprint density at radius 2 is 1.82 bits per heavy atom. The summed E-state index contributed by atoms with van der Waals surface area (Å²) in [6.07, 6.45) is 1.95. The quantitative estimate of drug-likeness (QED) is 0.731. The van der Waals surface area contributed by atoms with Crippen LogP contribution in [0.1, 0.15) is 30.1 Å². The standard InChI is InChI=1S/C23H27N3O2/c1-17-22(19-8-4-3-5-9-19)26(23(27)24-17)20-11-13-25(14-12-20)16-18-7-6-10-21(15-18)28-2/h3-10,15,20H,11-14,16H2,1-2H3,(H,24,27). The van der Waals surface area contributed by atoms with E-state index in [0.29, 0.717) is 0 Å². The lowest BCUT2D eigenvalue weighted by molar-refractivity contribution is 0.178. The van der Waals surface area contributed by atoms with Crippen LogP contribution in [0.3, 0.4) is 0 Å². The number of nitrogens with one attached hydrogen (secondary N) is 1. The van der Waals surface area contributed by atoms with E-state index >= 15 is 0 Å². The molecular formula is C23H27N3O2. The molecule has 3 aromatic rings. The molecule has 5 heteroatoms. The minimum atomic E-state index is 0.00241. The van der Waals surface area contributed by atoms with Crippen molar-refractivity contribution in [1.82, 2.24) is 14.5 Å². The van der Waals surface area contributed by atoms with Crippen LogP contribution in [-0.2, 0) is 6.54 Å². The van der Waals surface area contributed by atoms with Crippen LogP contribution in [0.15, 0.2) is 59.4 Å². The minimum absolute atomic E-state index is 0.00241. The summed E-state index contributed by atoms with van der Waals surface area (Å²) < 4.78 is 7.31. The van der Waals surface area contributed by atoms with Crippen LogP contribution in [0.25, 0.3) is 11.3 Å². The highest BCUT2D eigenvalue weighted by Gasteiger charge is 2.25. The molecule has 2 aromatic carbocycles. The molecule has 0 spiro atoms. The van der Waals surface area contributed by atoms with E-state index in [0.717, 1.165) is 55.2 Å². The van der Waals surface area contributed by atoms with E-state index in [9.17, 15) is 4.79 Å². The summed E-state index contributed by atoms with van der Waals surface area (Å²) in [5.41, 5.74) is 4.32. The highest BCUT2D eigenvalue weighted by atomic mass is 16.5. The zero-order valence-corrected chi connectivity index (χ0v) is 16.5. The zero-order valence-electron chi connectivity index (χ0n) is 16.5. The summed E-state index contributed by atoms with van der Waals surface area (Å²) in [6.45, 7) is 4.86. The van der Waals surface area contributed by atoms with Gasteiger partial charge < -0.3 is 9.72 Å². The smallest absolute Gasteiger partial charge is 0.326 e. The summed E-state index contributed by atoms with van der Waals surface area (Å²) in [4.78, 5) is 18.1. The van der Waals surface area contributed by atoms with Gasteiger partial charge in [0.2, 0.25) is 0 Å². The fourth-order valence-electron chi connectivity index (χ4n) is 4.23. The maximum absolute atomic E-state index is 12.7. The number of likely N-dealkylation sites (tertiary alicyclic amines) is 1. The molecule has 1 N–H and O–H groups in total. The van der Waals surface area contributed by atoms with Gasteiger partial charge in [-0.05, 0) is 37.5 Å². The van der Waals surface area contributed by atoms with Crippen molar-refractivity contribution >= 4 is 0 Å². The number of rotatable bonds is 5. The number of imidazole rings is 1. The molecule has 1 saturated heterocycles. The first-order chi connectivity index (χ1) is 13.7. The molecular weight excluding hydrogens is 350 g/mol. The van der Waals surface area contributed by atoms with Gasteiger partial charge in [-0.3, -0.25) is 9.47 Å². The van der Waals surface area contributed by atoms with Crippen molar-refractivity contribution in [3.05, 3.63) is 76.3 Å². The number of hydrogen-bond donors (Lipinski definition) is 1. The molecule has 2 heterocycles. The fraction of sp³-hybridized carbons (Fsp3) is 0.348. The minimum Gasteiger partial charge on any atom is -0.497 e. The number of nitrogens with zero attached hydrogens (tertiary/aromatic N) is 2. The summed E-state index contributed by atoms with van der Waals surface area (Å²) in [5, 5.41) is 0. The molecule has 1 aliphatic heterocycles. The molecule has 0 saturated carbocycles. The molecule has 1 aliphatic rings. The largest absolute Gasteiger partial charge is 0.497 e. The Hall–Kier alpha value is -2.79. The second-order valence-electron chi connectivity index (χ2n) is 7.50. The Balaban J connectivity index is 1.49. The van der Waals surface area contributed by atoms with E-state index in [2.05, 4.69) is 34.1 Å². The van der Waals surface area contributed by atoms with Crippen molar-refractivity contribution in [3.8, 4) is 17.0 Å². The Morgan fingerprint density at radius 3 is 2.54 bits per heavy atom. The van der Waals surface area contributed by atoms with Gasteiger partial charge in [0.1, 0.15) is 5.75 Å². The molecule has 146 valence electrons. The van der Waals surface area contributed by atoms with Crippen molar-refractivity contribution in [2.24, 2.45) is 0 Å². The summed E-state index contributed by atoms with van der Waals surface area (Å²) >= 11 is 0. The number of hydrogen-bond acceptors (Lipinski definition) is 3. The van der Waals surface area contributed by atoms with Crippen LogP contribution in [0.5, 0.6) is 5.75 Å². The number of H-pyrrole nitrogens is 1. The zero-order chi connectivity index (χ0) is 19.5. The molecule has 4 rings (SSSR count). The number of piperidine rings is 1. The number of benzene rings is 2. The number of ether oxygens (including phenoxy) is 1. The Labute approximate surface area is 165 Å². The first-order valence-electron chi connectivity index (χ1n) is 9.87. The molecule has 1 aromatic heterocycles. The van der Waals surface area contributed by atoms with Crippen molar-refractivity contribution in [2.75, 3.05) is 20.2 Å². The number of aromatic nitrogens is 2. The third kappa shape index (κ3) is 3.76. The third-order valence-electron chi connectivity index (χ3n) is 5.62. The lowest BCUT2D eigenvalue weighted by atomic mass is 10.0. The maximum atomic E-state index is 12.7. The van der Waals surface area contributed by atoms with Crippen molar-refractivity contribution in [2.45, 2.75) is 32.4 Å². The lowest BCUT2D eigenvalue weighted by Crippen LogP contribution is -2.36. The van der Waals surface area contributed by atoms with Gasteiger partial charge in [-0.25, -0.2) is 4.79 Å². The van der Waals surface area contributed by atoms with Crippen molar-refractivity contribution in [1.29, 1.82) is 0 Å². The Morgan fingerprint density at radius 1 is 1.07 bits per heavy atom. The number of aryl methyl sites for hydroxylation is 1. The molecule has 28 heavy (non-hydrogen) atoms. The maximum Gasteiger partial charge on any atom is 0.326 e. The first-order valence-corrected chi connectivity index (χ1v) is 9.87. The van der Waals surface area contributed by atoms with E-state index in [4.69, 9.17) is 4.74 Å². The van der Waals surface area contributed by atoms with Crippen molar-refractivity contribution < 1.29 is 4.74 Å². The van der Waals surface area contributed by atoms with E-state index in [-0.39, 0.29) is 11.7 Å². The number of methoxy groups -OCH3 is 1. The highest BCUT2D eigenvalue weighted by Crippen LogP contribution is 2.29. The average Bonchev–Trinajstić information content (AvgIpc) is 3.03. The predicted molar refractivity (Wildman–Crippen MR) is 112 cm³/mol. The summed E-state index contributed by atoms with van der Waals surface area (Å²) in [5.74, 6) is 0.897. The van der Waals surface area contributed by atoms with Gasteiger partial charge in [-0.2, -0.15) is 0 Å². The number of aromatic amines is 1. The molecule has 0 bridgehead atoms. The summed E-state index contributed by atoms with van der Waals surface area (Å²) in [7, 11) is 1.70. The third-order valence-corrected chi connectivity index (χ3v) is 5.62. The van der Waals surface area contributed by atoms with E-state index in [1.54, 1.807) is 7.11 Å².